The molecule has 0 atom stereocenters. The van der Waals surface area contributed by atoms with Crippen LogP contribution >= 0.6 is 23.4 Å². The van der Waals surface area contributed by atoms with Gasteiger partial charge in [-0.25, -0.2) is 0 Å². The SMILES string of the molecule is Cc1cc([N+](=O)[O-])ccc1NC(=O)CSc1cccc(NC(=O)/C(=C\c2ccccc2Cl)NC(=O)c2ccccc2)c1. The molecule has 0 saturated heterocycles. The van der Waals surface area contributed by atoms with Gasteiger partial charge in [-0.2, -0.15) is 0 Å². The van der Waals surface area contributed by atoms with Gasteiger partial charge in [0.1, 0.15) is 5.70 Å². The fourth-order valence-corrected chi connectivity index (χ4v) is 4.73. The number of hydrogen-bond acceptors (Lipinski definition) is 6. The maximum atomic E-state index is 13.3. The van der Waals surface area contributed by atoms with Gasteiger partial charge in [-0.1, -0.05) is 54.1 Å². The molecule has 0 unspecified atom stereocenters. The minimum atomic E-state index is -0.562. The summed E-state index contributed by atoms with van der Waals surface area (Å²) in [6.45, 7) is 1.68. The monoisotopic (exact) mass is 600 g/mol. The van der Waals surface area contributed by atoms with E-state index in [1.165, 1.54) is 36.0 Å². The average molecular weight is 601 g/mol. The summed E-state index contributed by atoms with van der Waals surface area (Å²) in [6, 6.07) is 26.6. The third kappa shape index (κ3) is 8.29. The Morgan fingerprint density at radius 1 is 0.905 bits per heavy atom. The number of carbonyl (C=O) groups is 3. The van der Waals surface area contributed by atoms with Crippen molar-refractivity contribution in [3.05, 3.63) is 135 Å². The van der Waals surface area contributed by atoms with E-state index in [0.717, 1.165) is 0 Å². The molecule has 0 fully saturated rings. The Hall–Kier alpha value is -4.93. The van der Waals surface area contributed by atoms with Crippen LogP contribution in [0.1, 0.15) is 21.5 Å². The standard InChI is InChI=1S/C31H25ClN4O5S/c1-20-16-24(36(40)41)14-15-27(20)34-29(37)19-42-25-12-7-11-23(18-25)33-31(39)28(17-22-10-5-6-13-26(22)32)35-30(38)21-8-3-2-4-9-21/h2-18H,19H2,1H3,(H,33,39)(H,34,37)(H,35,38)/b28-17+. The molecule has 0 aliphatic heterocycles. The number of hydrogen-bond donors (Lipinski definition) is 3. The van der Waals surface area contributed by atoms with Gasteiger partial charge in [0.25, 0.3) is 17.5 Å². The van der Waals surface area contributed by atoms with Crippen molar-refractivity contribution in [1.82, 2.24) is 5.32 Å². The van der Waals surface area contributed by atoms with Crippen LogP contribution in [0.15, 0.2) is 108 Å². The van der Waals surface area contributed by atoms with Gasteiger partial charge in [-0.05, 0) is 66.6 Å². The molecule has 0 bridgehead atoms. The number of amides is 3. The molecule has 212 valence electrons. The molecule has 4 aromatic rings. The van der Waals surface area contributed by atoms with E-state index in [1.807, 2.05) is 0 Å². The van der Waals surface area contributed by atoms with Gasteiger partial charge in [0.2, 0.25) is 5.91 Å². The van der Waals surface area contributed by atoms with Crippen molar-refractivity contribution in [1.29, 1.82) is 0 Å². The van der Waals surface area contributed by atoms with Gasteiger partial charge < -0.3 is 16.0 Å². The van der Waals surface area contributed by atoms with Crippen molar-refractivity contribution in [2.45, 2.75) is 11.8 Å². The molecule has 4 aromatic carbocycles. The smallest absolute Gasteiger partial charge is 0.272 e. The van der Waals surface area contributed by atoms with E-state index in [4.69, 9.17) is 11.6 Å². The highest BCUT2D eigenvalue weighted by Gasteiger charge is 2.16. The molecule has 3 amide bonds. The molecule has 3 N–H and O–H groups in total. The molecule has 0 heterocycles. The van der Waals surface area contributed by atoms with Crippen LogP contribution in [0.3, 0.4) is 0 Å². The maximum Gasteiger partial charge on any atom is 0.272 e. The van der Waals surface area contributed by atoms with E-state index >= 15 is 0 Å². The zero-order valence-corrected chi connectivity index (χ0v) is 23.9. The van der Waals surface area contributed by atoms with Crippen molar-refractivity contribution in [3.8, 4) is 0 Å². The number of nitrogens with one attached hydrogen (secondary N) is 3. The first-order valence-corrected chi connectivity index (χ1v) is 14.0. The number of thioether (sulfide) groups is 1. The normalized spacial score (nSPS) is 11.0. The molecule has 42 heavy (non-hydrogen) atoms. The summed E-state index contributed by atoms with van der Waals surface area (Å²) >= 11 is 7.55. The largest absolute Gasteiger partial charge is 0.325 e. The molecular formula is C31H25ClN4O5S. The quantitative estimate of drug-likeness (QED) is 0.0804. The highest BCUT2D eigenvalue weighted by Crippen LogP contribution is 2.25. The second-order valence-electron chi connectivity index (χ2n) is 8.97. The maximum absolute atomic E-state index is 13.3. The Bertz CT molecular complexity index is 1680. The lowest BCUT2D eigenvalue weighted by atomic mass is 10.1. The number of nitro benzene ring substituents is 1. The Morgan fingerprint density at radius 2 is 1.64 bits per heavy atom. The number of nitro groups is 1. The summed E-state index contributed by atoms with van der Waals surface area (Å²) in [4.78, 5) is 49.9. The van der Waals surface area contributed by atoms with Crippen molar-refractivity contribution in [2.24, 2.45) is 0 Å². The van der Waals surface area contributed by atoms with Gasteiger partial charge in [0.15, 0.2) is 0 Å². The van der Waals surface area contributed by atoms with Gasteiger partial charge in [-0.15, -0.1) is 11.8 Å². The Labute approximate surface area is 251 Å². The zero-order valence-electron chi connectivity index (χ0n) is 22.3. The predicted octanol–water partition coefficient (Wildman–Crippen LogP) is 6.70. The van der Waals surface area contributed by atoms with Crippen LogP contribution in [-0.2, 0) is 9.59 Å². The molecule has 9 nitrogen and oxygen atoms in total. The fraction of sp³-hybridized carbons (Fsp3) is 0.0645. The number of non-ortho nitro benzene ring substituents is 1. The Balaban J connectivity index is 1.44. The van der Waals surface area contributed by atoms with E-state index in [0.29, 0.717) is 38.0 Å². The van der Waals surface area contributed by atoms with Crippen molar-refractivity contribution in [3.63, 3.8) is 0 Å². The van der Waals surface area contributed by atoms with E-state index in [-0.39, 0.29) is 23.0 Å². The molecule has 0 aromatic heterocycles. The van der Waals surface area contributed by atoms with E-state index in [9.17, 15) is 24.5 Å². The van der Waals surface area contributed by atoms with Crippen LogP contribution in [-0.4, -0.2) is 28.4 Å². The Kier molecular flexibility index (Phi) is 10.1. The van der Waals surface area contributed by atoms with Crippen LogP contribution in [0, 0.1) is 17.0 Å². The third-order valence-electron chi connectivity index (χ3n) is 5.89. The lowest BCUT2D eigenvalue weighted by molar-refractivity contribution is -0.384. The van der Waals surface area contributed by atoms with Crippen LogP contribution in [0.25, 0.3) is 6.08 Å². The van der Waals surface area contributed by atoms with Gasteiger partial charge in [0.05, 0.1) is 10.7 Å². The van der Waals surface area contributed by atoms with Crippen LogP contribution in [0.2, 0.25) is 5.02 Å². The summed E-state index contributed by atoms with van der Waals surface area (Å²) in [5.74, 6) is -1.24. The number of nitrogens with zero attached hydrogens (tertiary/aromatic N) is 1. The molecule has 11 heteroatoms. The number of rotatable bonds is 10. The van der Waals surface area contributed by atoms with Crippen LogP contribution in [0.4, 0.5) is 17.1 Å². The second kappa shape index (κ2) is 14.1. The fourth-order valence-electron chi connectivity index (χ4n) is 3.79. The number of benzene rings is 4. The van der Waals surface area contributed by atoms with Crippen LogP contribution in [0.5, 0.6) is 0 Å². The Morgan fingerprint density at radius 3 is 2.36 bits per heavy atom. The van der Waals surface area contributed by atoms with Gasteiger partial charge in [-0.3, -0.25) is 24.5 Å². The summed E-state index contributed by atoms with van der Waals surface area (Å²) in [6.07, 6.45) is 1.50. The summed E-state index contributed by atoms with van der Waals surface area (Å²) in [5, 5.41) is 19.6. The minimum absolute atomic E-state index is 0.00662. The topological polar surface area (TPSA) is 130 Å². The summed E-state index contributed by atoms with van der Waals surface area (Å²) < 4.78 is 0. The van der Waals surface area contributed by atoms with Crippen molar-refractivity contribution < 1.29 is 19.3 Å². The molecule has 0 aliphatic rings. The summed E-state index contributed by atoms with van der Waals surface area (Å²) in [7, 11) is 0. The third-order valence-corrected chi connectivity index (χ3v) is 7.23. The molecule has 0 spiro atoms. The first-order valence-electron chi connectivity index (χ1n) is 12.6. The lowest BCUT2D eigenvalue weighted by Gasteiger charge is -2.13. The second-order valence-corrected chi connectivity index (χ2v) is 10.4. The van der Waals surface area contributed by atoms with Crippen LogP contribution < -0.4 is 16.0 Å². The zero-order chi connectivity index (χ0) is 30.1. The van der Waals surface area contributed by atoms with E-state index in [1.54, 1.807) is 85.8 Å². The molecule has 0 aliphatic carbocycles. The number of anilines is 2. The molecule has 0 radical (unpaired) electrons. The van der Waals surface area contributed by atoms with E-state index < -0.39 is 16.7 Å². The predicted molar refractivity (Wildman–Crippen MR) is 166 cm³/mol. The van der Waals surface area contributed by atoms with Crippen molar-refractivity contribution >= 4 is 64.2 Å². The number of aryl methyl sites for hydroxylation is 1. The highest BCUT2D eigenvalue weighted by molar-refractivity contribution is 8.00. The van der Waals surface area contributed by atoms with Crippen molar-refractivity contribution in [2.75, 3.05) is 16.4 Å². The molecular weight excluding hydrogens is 576 g/mol. The highest BCUT2D eigenvalue weighted by atomic mass is 35.5. The lowest BCUT2D eigenvalue weighted by Crippen LogP contribution is -2.30. The molecule has 4 rings (SSSR count). The molecule has 0 saturated carbocycles. The number of carbonyl (C=O) groups excluding carboxylic acids is 3. The van der Waals surface area contributed by atoms with Gasteiger partial charge >= 0.3 is 0 Å². The number of halogens is 1. The van der Waals surface area contributed by atoms with Gasteiger partial charge in [0, 0.05) is 39.0 Å². The van der Waals surface area contributed by atoms with E-state index in [2.05, 4.69) is 16.0 Å². The first-order chi connectivity index (χ1) is 20.2. The minimum Gasteiger partial charge on any atom is -0.325 e. The first kappa shape index (κ1) is 30.0. The summed E-state index contributed by atoms with van der Waals surface area (Å²) in [5.41, 5.74) is 2.40. The average Bonchev–Trinajstić information content (AvgIpc) is 2.98.